The Balaban J connectivity index is 0.00000208. The van der Waals surface area contributed by atoms with E-state index in [1.807, 2.05) is 12.1 Å². The fraction of sp³-hybridized carbons (Fsp3) is 0.400. The highest BCUT2D eigenvalue weighted by Gasteiger charge is 2.21. The summed E-state index contributed by atoms with van der Waals surface area (Å²) in [6.07, 6.45) is 0.407. The number of morpholine rings is 1. The average molecular weight is 348 g/mol. The molecule has 1 aliphatic heterocycles. The van der Waals surface area contributed by atoms with Crippen LogP contribution in [0, 0.1) is 0 Å². The van der Waals surface area contributed by atoms with Gasteiger partial charge < -0.3 is 9.84 Å². The lowest BCUT2D eigenvalue weighted by atomic mass is 9.86. The molecular weight excluding hydrogens is 322 g/mol. The van der Waals surface area contributed by atoms with E-state index in [1.165, 1.54) is 11.1 Å². The molecule has 0 bridgehead atoms. The third-order valence-electron chi connectivity index (χ3n) is 4.48. The van der Waals surface area contributed by atoms with Crippen molar-refractivity contribution in [1.82, 2.24) is 4.90 Å². The second kappa shape index (κ2) is 9.80. The van der Waals surface area contributed by atoms with Crippen molar-refractivity contribution >= 4 is 12.4 Å². The molecule has 0 saturated carbocycles. The number of aliphatic hydroxyl groups is 1. The molecule has 2 aromatic rings. The molecule has 4 heteroatoms. The van der Waals surface area contributed by atoms with Gasteiger partial charge in [-0.1, -0.05) is 60.7 Å². The van der Waals surface area contributed by atoms with Gasteiger partial charge in [0.2, 0.25) is 0 Å². The van der Waals surface area contributed by atoms with Crippen LogP contribution in [0.5, 0.6) is 0 Å². The summed E-state index contributed by atoms with van der Waals surface area (Å²) >= 11 is 0. The van der Waals surface area contributed by atoms with Gasteiger partial charge in [-0.2, -0.15) is 0 Å². The average Bonchev–Trinajstić information content (AvgIpc) is 2.62. The SMILES string of the molecule is Cl.OC(CC(c1ccccc1)c1ccccc1)CN1CCOCC1. The van der Waals surface area contributed by atoms with Gasteiger partial charge in [-0.05, 0) is 17.5 Å². The zero-order valence-electron chi connectivity index (χ0n) is 13.9. The summed E-state index contributed by atoms with van der Waals surface area (Å²) in [7, 11) is 0. The molecule has 1 atom stereocenters. The molecule has 1 fully saturated rings. The van der Waals surface area contributed by atoms with Crippen LogP contribution < -0.4 is 0 Å². The minimum Gasteiger partial charge on any atom is -0.392 e. The van der Waals surface area contributed by atoms with Gasteiger partial charge in [-0.25, -0.2) is 0 Å². The molecule has 0 radical (unpaired) electrons. The van der Waals surface area contributed by atoms with Crippen LogP contribution in [0.25, 0.3) is 0 Å². The van der Waals surface area contributed by atoms with E-state index >= 15 is 0 Å². The number of β-amino-alcohol motifs (C(OH)–C–C–N with tert-alkyl or cyclic N) is 1. The van der Waals surface area contributed by atoms with Crippen LogP contribution in [-0.2, 0) is 4.74 Å². The molecular formula is C20H26ClNO2. The topological polar surface area (TPSA) is 32.7 Å². The summed E-state index contributed by atoms with van der Waals surface area (Å²) in [6, 6.07) is 21.0. The number of ether oxygens (including phenoxy) is 1. The number of benzene rings is 2. The van der Waals surface area contributed by atoms with Crippen molar-refractivity contribution in [3.8, 4) is 0 Å². The summed E-state index contributed by atoms with van der Waals surface area (Å²) in [5, 5.41) is 10.6. The Kier molecular flexibility index (Phi) is 7.73. The number of halogens is 1. The van der Waals surface area contributed by atoms with E-state index < -0.39 is 0 Å². The molecule has 130 valence electrons. The van der Waals surface area contributed by atoms with Gasteiger partial charge in [0, 0.05) is 25.6 Å². The number of aliphatic hydroxyl groups excluding tert-OH is 1. The first kappa shape index (κ1) is 18.9. The third kappa shape index (κ3) is 5.32. The fourth-order valence-corrected chi connectivity index (χ4v) is 3.26. The van der Waals surface area contributed by atoms with Crippen LogP contribution in [0.4, 0.5) is 0 Å². The van der Waals surface area contributed by atoms with Gasteiger partial charge in [-0.15, -0.1) is 12.4 Å². The van der Waals surface area contributed by atoms with Crippen molar-refractivity contribution in [1.29, 1.82) is 0 Å². The Morgan fingerprint density at radius 2 is 1.38 bits per heavy atom. The maximum absolute atomic E-state index is 10.6. The summed E-state index contributed by atoms with van der Waals surface area (Å²) in [5.41, 5.74) is 2.53. The normalized spacial score (nSPS) is 16.6. The lowest BCUT2D eigenvalue weighted by Crippen LogP contribution is -2.41. The van der Waals surface area contributed by atoms with Gasteiger partial charge in [-0.3, -0.25) is 4.90 Å². The number of hydrogen-bond acceptors (Lipinski definition) is 3. The number of hydrogen-bond donors (Lipinski definition) is 1. The van der Waals surface area contributed by atoms with Gasteiger partial charge in [0.25, 0.3) is 0 Å². The molecule has 0 spiro atoms. The van der Waals surface area contributed by atoms with Crippen LogP contribution in [-0.4, -0.2) is 49.0 Å². The highest BCUT2D eigenvalue weighted by molar-refractivity contribution is 5.85. The number of rotatable bonds is 6. The number of nitrogens with zero attached hydrogens (tertiary/aromatic N) is 1. The van der Waals surface area contributed by atoms with Gasteiger partial charge >= 0.3 is 0 Å². The van der Waals surface area contributed by atoms with E-state index in [4.69, 9.17) is 4.74 Å². The maximum Gasteiger partial charge on any atom is 0.0676 e. The standard InChI is InChI=1S/C20H25NO2.ClH/c22-19(16-21-11-13-23-14-12-21)15-20(17-7-3-1-4-8-17)18-9-5-2-6-10-18;/h1-10,19-20,22H,11-16H2;1H. The molecule has 1 heterocycles. The Bertz CT molecular complexity index is 533. The molecule has 3 rings (SSSR count). The van der Waals surface area contributed by atoms with Crippen molar-refractivity contribution in [3.63, 3.8) is 0 Å². The maximum atomic E-state index is 10.6. The summed E-state index contributed by atoms with van der Waals surface area (Å²) in [4.78, 5) is 2.29. The van der Waals surface area contributed by atoms with Crippen molar-refractivity contribution in [2.75, 3.05) is 32.8 Å². The van der Waals surface area contributed by atoms with Gasteiger partial charge in [0.05, 0.1) is 19.3 Å². The molecule has 3 nitrogen and oxygen atoms in total. The molecule has 0 aliphatic carbocycles. The first-order chi connectivity index (χ1) is 11.3. The minimum atomic E-state index is -0.335. The van der Waals surface area contributed by atoms with Crippen molar-refractivity contribution in [3.05, 3.63) is 71.8 Å². The molecule has 1 unspecified atom stereocenters. The van der Waals surface area contributed by atoms with E-state index in [0.717, 1.165) is 39.3 Å². The molecule has 2 aromatic carbocycles. The molecule has 1 N–H and O–H groups in total. The fourth-order valence-electron chi connectivity index (χ4n) is 3.26. The van der Waals surface area contributed by atoms with E-state index in [2.05, 4.69) is 53.4 Å². The largest absolute Gasteiger partial charge is 0.392 e. The molecule has 1 saturated heterocycles. The van der Waals surface area contributed by atoms with Crippen LogP contribution in [0.3, 0.4) is 0 Å². The minimum absolute atomic E-state index is 0. The van der Waals surface area contributed by atoms with E-state index in [1.54, 1.807) is 0 Å². The lowest BCUT2D eigenvalue weighted by Gasteiger charge is -2.30. The third-order valence-corrected chi connectivity index (χ3v) is 4.48. The smallest absolute Gasteiger partial charge is 0.0676 e. The van der Waals surface area contributed by atoms with Crippen molar-refractivity contribution in [2.24, 2.45) is 0 Å². The zero-order chi connectivity index (χ0) is 15.9. The van der Waals surface area contributed by atoms with Crippen LogP contribution in [0.1, 0.15) is 23.5 Å². The molecule has 24 heavy (non-hydrogen) atoms. The first-order valence-corrected chi connectivity index (χ1v) is 8.41. The second-order valence-corrected chi connectivity index (χ2v) is 6.18. The Labute approximate surface area is 150 Å². The van der Waals surface area contributed by atoms with Crippen LogP contribution >= 0.6 is 12.4 Å². The Morgan fingerprint density at radius 1 is 0.875 bits per heavy atom. The molecule has 0 amide bonds. The van der Waals surface area contributed by atoms with Gasteiger partial charge in [0.1, 0.15) is 0 Å². The van der Waals surface area contributed by atoms with E-state index in [9.17, 15) is 5.11 Å². The van der Waals surface area contributed by atoms with Crippen LogP contribution in [0.2, 0.25) is 0 Å². The van der Waals surface area contributed by atoms with Crippen molar-refractivity contribution < 1.29 is 9.84 Å². The lowest BCUT2D eigenvalue weighted by molar-refractivity contribution is 0.0125. The van der Waals surface area contributed by atoms with E-state index in [-0.39, 0.29) is 24.4 Å². The second-order valence-electron chi connectivity index (χ2n) is 6.18. The van der Waals surface area contributed by atoms with E-state index in [0.29, 0.717) is 0 Å². The summed E-state index contributed by atoms with van der Waals surface area (Å²) < 4.78 is 5.38. The Morgan fingerprint density at radius 3 is 1.88 bits per heavy atom. The summed E-state index contributed by atoms with van der Waals surface area (Å²) in [6.45, 7) is 4.09. The zero-order valence-corrected chi connectivity index (χ0v) is 14.7. The highest BCUT2D eigenvalue weighted by atomic mass is 35.5. The summed E-state index contributed by atoms with van der Waals surface area (Å²) in [5.74, 6) is 0.230. The molecule has 1 aliphatic rings. The first-order valence-electron chi connectivity index (χ1n) is 8.41. The van der Waals surface area contributed by atoms with Crippen molar-refractivity contribution in [2.45, 2.75) is 18.4 Å². The van der Waals surface area contributed by atoms with Crippen LogP contribution in [0.15, 0.2) is 60.7 Å². The quantitative estimate of drug-likeness (QED) is 0.870. The monoisotopic (exact) mass is 347 g/mol. The highest BCUT2D eigenvalue weighted by Crippen LogP contribution is 2.29. The molecule has 0 aromatic heterocycles. The van der Waals surface area contributed by atoms with Gasteiger partial charge in [0.15, 0.2) is 0 Å². The Hall–Kier alpha value is -1.39. The predicted octanol–water partition coefficient (Wildman–Crippen LogP) is 3.32. The predicted molar refractivity (Wildman–Crippen MR) is 99.9 cm³/mol.